The molecule has 1 atom stereocenters. The van der Waals surface area contributed by atoms with E-state index in [0.717, 1.165) is 25.8 Å². The van der Waals surface area contributed by atoms with E-state index in [1.165, 1.54) is 23.7 Å². The van der Waals surface area contributed by atoms with Gasteiger partial charge in [-0.1, -0.05) is 24.3 Å². The molecule has 1 aromatic carbocycles. The Bertz CT molecular complexity index is 784. The number of fused-ring (bicyclic) bond motifs is 1. The van der Waals surface area contributed by atoms with E-state index in [9.17, 15) is 9.59 Å². The lowest BCUT2D eigenvalue weighted by Crippen LogP contribution is -2.37. The van der Waals surface area contributed by atoms with Crippen LogP contribution in [0.2, 0.25) is 0 Å². The highest BCUT2D eigenvalue weighted by atomic mass is 16.3. The van der Waals surface area contributed by atoms with Gasteiger partial charge in [-0.3, -0.25) is 9.59 Å². The van der Waals surface area contributed by atoms with Crippen LogP contribution < -0.4 is 0 Å². The van der Waals surface area contributed by atoms with Crippen molar-refractivity contribution in [2.45, 2.75) is 31.6 Å². The second kappa shape index (κ2) is 7.36. The molecular weight excluding hydrogens is 328 g/mol. The Labute approximate surface area is 153 Å². The van der Waals surface area contributed by atoms with Crippen molar-refractivity contribution in [3.8, 4) is 0 Å². The maximum atomic E-state index is 12.8. The summed E-state index contributed by atoms with van der Waals surface area (Å²) in [7, 11) is 0. The molecule has 1 aliphatic heterocycles. The molecule has 5 nitrogen and oxygen atoms in total. The minimum absolute atomic E-state index is 0.0160. The monoisotopic (exact) mass is 352 g/mol. The fraction of sp³-hybridized carbons (Fsp3) is 0.429. The van der Waals surface area contributed by atoms with Crippen LogP contribution in [0.1, 0.15) is 46.7 Å². The zero-order chi connectivity index (χ0) is 17.9. The molecule has 0 saturated carbocycles. The van der Waals surface area contributed by atoms with E-state index >= 15 is 0 Å². The van der Waals surface area contributed by atoms with E-state index in [1.54, 1.807) is 6.07 Å². The summed E-state index contributed by atoms with van der Waals surface area (Å²) < 4.78 is 5.01. The fourth-order valence-electron chi connectivity index (χ4n) is 4.14. The number of benzene rings is 1. The molecule has 0 radical (unpaired) electrons. The van der Waals surface area contributed by atoms with Crippen molar-refractivity contribution >= 4 is 11.8 Å². The molecule has 136 valence electrons. The maximum absolute atomic E-state index is 12.8. The summed E-state index contributed by atoms with van der Waals surface area (Å²) in [6.07, 6.45) is 6.52. The molecule has 0 spiro atoms. The van der Waals surface area contributed by atoms with Gasteiger partial charge in [-0.2, -0.15) is 0 Å². The average Bonchev–Trinajstić information content (AvgIpc) is 3.26. The lowest BCUT2D eigenvalue weighted by atomic mass is 9.97. The molecule has 0 unspecified atom stereocenters. The molecule has 2 aliphatic rings. The van der Waals surface area contributed by atoms with Crippen LogP contribution in [0.3, 0.4) is 0 Å². The Balaban J connectivity index is 1.36. The zero-order valence-electron chi connectivity index (χ0n) is 14.9. The zero-order valence-corrected chi connectivity index (χ0v) is 14.9. The predicted molar refractivity (Wildman–Crippen MR) is 97.9 cm³/mol. The number of amides is 2. The Morgan fingerprint density at radius 2 is 1.85 bits per heavy atom. The van der Waals surface area contributed by atoms with E-state index in [2.05, 4.69) is 24.3 Å². The molecule has 2 heterocycles. The van der Waals surface area contributed by atoms with Gasteiger partial charge in [-0.05, 0) is 42.4 Å². The minimum Gasteiger partial charge on any atom is -0.472 e. The first kappa shape index (κ1) is 16.9. The van der Waals surface area contributed by atoms with E-state index in [0.29, 0.717) is 37.5 Å². The highest BCUT2D eigenvalue weighted by Crippen LogP contribution is 2.35. The van der Waals surface area contributed by atoms with E-state index < -0.39 is 0 Å². The predicted octanol–water partition coefficient (Wildman–Crippen LogP) is 3.07. The maximum Gasteiger partial charge on any atom is 0.257 e. The number of hydrogen-bond acceptors (Lipinski definition) is 3. The normalized spacial score (nSPS) is 19.9. The van der Waals surface area contributed by atoms with Crippen molar-refractivity contribution in [2.24, 2.45) is 0 Å². The third-order valence-electron chi connectivity index (χ3n) is 5.58. The molecule has 1 aliphatic carbocycles. The molecule has 0 N–H and O–H groups in total. The van der Waals surface area contributed by atoms with Gasteiger partial charge in [0, 0.05) is 32.6 Å². The minimum atomic E-state index is -0.0160. The van der Waals surface area contributed by atoms with E-state index in [4.69, 9.17) is 4.42 Å². The summed E-state index contributed by atoms with van der Waals surface area (Å²) in [5, 5.41) is 0. The van der Waals surface area contributed by atoms with Crippen LogP contribution in [-0.2, 0) is 11.2 Å². The number of hydrogen-bond donors (Lipinski definition) is 0. The summed E-state index contributed by atoms with van der Waals surface area (Å²) in [5.74, 6) is 0.535. The summed E-state index contributed by atoms with van der Waals surface area (Å²) in [4.78, 5) is 29.1. The number of carbonyl (C=O) groups is 2. The van der Waals surface area contributed by atoms with Crippen molar-refractivity contribution in [2.75, 3.05) is 26.2 Å². The number of nitrogens with zero attached hydrogens (tertiary/aromatic N) is 2. The van der Waals surface area contributed by atoms with Crippen LogP contribution in [0.15, 0.2) is 47.3 Å². The van der Waals surface area contributed by atoms with Crippen molar-refractivity contribution < 1.29 is 14.0 Å². The van der Waals surface area contributed by atoms with Crippen molar-refractivity contribution in [3.05, 3.63) is 59.5 Å². The van der Waals surface area contributed by atoms with Crippen LogP contribution in [0, 0.1) is 0 Å². The first-order valence-corrected chi connectivity index (χ1v) is 9.39. The van der Waals surface area contributed by atoms with Gasteiger partial charge in [-0.15, -0.1) is 0 Å². The smallest absolute Gasteiger partial charge is 0.257 e. The molecule has 26 heavy (non-hydrogen) atoms. The number of carbonyl (C=O) groups excluding carboxylic acids is 2. The number of rotatable bonds is 3. The van der Waals surface area contributed by atoms with E-state index in [-0.39, 0.29) is 11.8 Å². The molecule has 2 amide bonds. The van der Waals surface area contributed by atoms with Gasteiger partial charge in [0.15, 0.2) is 0 Å². The van der Waals surface area contributed by atoms with Crippen LogP contribution in [-0.4, -0.2) is 47.8 Å². The summed E-state index contributed by atoms with van der Waals surface area (Å²) in [5.41, 5.74) is 3.30. The molecule has 5 heteroatoms. The lowest BCUT2D eigenvalue weighted by molar-refractivity contribution is -0.131. The summed E-state index contributed by atoms with van der Waals surface area (Å²) in [6, 6.07) is 10.2. The molecule has 1 saturated heterocycles. The number of furan rings is 1. The largest absolute Gasteiger partial charge is 0.472 e. The molecular formula is C21H24N2O3. The van der Waals surface area contributed by atoms with Gasteiger partial charge in [-0.25, -0.2) is 0 Å². The molecule has 0 bridgehead atoms. The highest BCUT2D eigenvalue weighted by molar-refractivity contribution is 5.93. The molecule has 1 fully saturated rings. The summed E-state index contributed by atoms with van der Waals surface area (Å²) >= 11 is 0. The standard InChI is InChI=1S/C21H24N2O3/c24-20(14-17-7-6-16-4-1-2-5-19(16)17)22-9-3-10-23(12-11-22)21(25)18-8-13-26-15-18/h1-2,4-5,8,13,15,17H,3,6-7,9-12,14H2/t17-/m1/s1. The molecule has 1 aromatic heterocycles. The Hall–Kier alpha value is -2.56. The third kappa shape index (κ3) is 3.39. The highest BCUT2D eigenvalue weighted by Gasteiger charge is 2.28. The van der Waals surface area contributed by atoms with Gasteiger partial charge in [0.05, 0.1) is 11.8 Å². The van der Waals surface area contributed by atoms with Crippen LogP contribution in [0.4, 0.5) is 0 Å². The fourth-order valence-corrected chi connectivity index (χ4v) is 4.14. The molecule has 2 aromatic rings. The van der Waals surface area contributed by atoms with Gasteiger partial charge in [0.2, 0.25) is 5.91 Å². The summed E-state index contributed by atoms with van der Waals surface area (Å²) in [6.45, 7) is 2.59. The third-order valence-corrected chi connectivity index (χ3v) is 5.58. The lowest BCUT2D eigenvalue weighted by Gasteiger charge is -2.23. The quantitative estimate of drug-likeness (QED) is 0.853. The first-order valence-electron chi connectivity index (χ1n) is 9.39. The van der Waals surface area contributed by atoms with Gasteiger partial charge in [0.1, 0.15) is 6.26 Å². The molecule has 4 rings (SSSR count). The van der Waals surface area contributed by atoms with Gasteiger partial charge in [0.25, 0.3) is 5.91 Å². The van der Waals surface area contributed by atoms with Gasteiger partial charge < -0.3 is 14.2 Å². The Morgan fingerprint density at radius 3 is 2.69 bits per heavy atom. The SMILES string of the molecule is O=C(C[C@H]1CCc2ccccc21)N1CCCN(C(=O)c2ccoc2)CC1. The van der Waals surface area contributed by atoms with Crippen molar-refractivity contribution in [1.29, 1.82) is 0 Å². The van der Waals surface area contributed by atoms with Crippen LogP contribution in [0.5, 0.6) is 0 Å². The van der Waals surface area contributed by atoms with Crippen LogP contribution >= 0.6 is 0 Å². The average molecular weight is 352 g/mol. The topological polar surface area (TPSA) is 53.8 Å². The number of aryl methyl sites for hydroxylation is 1. The van der Waals surface area contributed by atoms with E-state index in [1.807, 2.05) is 9.80 Å². The van der Waals surface area contributed by atoms with Crippen molar-refractivity contribution in [3.63, 3.8) is 0 Å². The van der Waals surface area contributed by atoms with Gasteiger partial charge >= 0.3 is 0 Å². The second-order valence-corrected chi connectivity index (χ2v) is 7.18. The van der Waals surface area contributed by atoms with Crippen LogP contribution in [0.25, 0.3) is 0 Å². The Morgan fingerprint density at radius 1 is 1.04 bits per heavy atom. The van der Waals surface area contributed by atoms with Crippen molar-refractivity contribution in [1.82, 2.24) is 9.80 Å². The first-order chi connectivity index (χ1) is 12.7. The Kier molecular flexibility index (Phi) is 4.78. The second-order valence-electron chi connectivity index (χ2n) is 7.18.